The number of nitrogens with one attached hydrogen (secondary N) is 1. The Morgan fingerprint density at radius 1 is 1.29 bits per heavy atom. The topological polar surface area (TPSA) is 47.3 Å². The third kappa shape index (κ3) is 3.98. The van der Waals surface area contributed by atoms with Gasteiger partial charge in [0.15, 0.2) is 0 Å². The quantitative estimate of drug-likeness (QED) is 0.614. The Kier molecular flexibility index (Phi) is 5.65. The van der Waals surface area contributed by atoms with Gasteiger partial charge in [-0.25, -0.2) is 0 Å². The fourth-order valence-electron chi connectivity index (χ4n) is 2.28. The maximum absolute atomic E-state index is 6.08. The molecule has 0 fully saturated rings. The van der Waals surface area contributed by atoms with Crippen LogP contribution in [0.15, 0.2) is 40.9 Å². The summed E-state index contributed by atoms with van der Waals surface area (Å²) in [6.07, 6.45) is 0.722. The fraction of sp³-hybridized carbons (Fsp3) is 0.250. The molecule has 0 aliphatic rings. The fourth-order valence-corrected chi connectivity index (χ4v) is 2.81. The lowest BCUT2D eigenvalue weighted by Crippen LogP contribution is -2.29. The van der Waals surface area contributed by atoms with E-state index in [0.29, 0.717) is 0 Å². The molecule has 2 rings (SSSR count). The van der Waals surface area contributed by atoms with Crippen molar-refractivity contribution >= 4 is 27.5 Å². The van der Waals surface area contributed by atoms with Crippen LogP contribution < -0.4 is 16.0 Å². The zero-order chi connectivity index (χ0) is 15.4. The van der Waals surface area contributed by atoms with E-state index in [1.54, 1.807) is 7.11 Å². The Labute approximate surface area is 138 Å². The van der Waals surface area contributed by atoms with Crippen molar-refractivity contribution in [3.05, 3.63) is 62.6 Å². The third-order valence-corrected chi connectivity index (χ3v) is 4.37. The van der Waals surface area contributed by atoms with E-state index in [2.05, 4.69) is 27.4 Å². The van der Waals surface area contributed by atoms with E-state index in [9.17, 15) is 0 Å². The molecule has 0 amide bonds. The molecule has 112 valence electrons. The first kappa shape index (κ1) is 16.3. The van der Waals surface area contributed by atoms with E-state index >= 15 is 0 Å². The Hall–Kier alpha value is -1.07. The van der Waals surface area contributed by atoms with Crippen LogP contribution in [0.3, 0.4) is 0 Å². The van der Waals surface area contributed by atoms with E-state index < -0.39 is 0 Å². The van der Waals surface area contributed by atoms with E-state index in [0.717, 1.165) is 38.4 Å². The van der Waals surface area contributed by atoms with Gasteiger partial charge in [0, 0.05) is 9.50 Å². The highest BCUT2D eigenvalue weighted by Crippen LogP contribution is 2.29. The molecule has 0 aliphatic carbocycles. The monoisotopic (exact) mass is 368 g/mol. The number of ether oxygens (including phenoxy) is 1. The smallest absolute Gasteiger partial charge is 0.122 e. The summed E-state index contributed by atoms with van der Waals surface area (Å²) in [5, 5.41) is 0.759. The summed E-state index contributed by atoms with van der Waals surface area (Å²) >= 11 is 9.57. The van der Waals surface area contributed by atoms with E-state index in [-0.39, 0.29) is 6.04 Å². The molecule has 0 heterocycles. The molecular weight excluding hydrogens is 352 g/mol. The van der Waals surface area contributed by atoms with Crippen LogP contribution in [-0.2, 0) is 6.42 Å². The zero-order valence-electron chi connectivity index (χ0n) is 12.0. The van der Waals surface area contributed by atoms with Crippen LogP contribution >= 0.6 is 27.5 Å². The molecule has 3 nitrogen and oxygen atoms in total. The van der Waals surface area contributed by atoms with Gasteiger partial charge >= 0.3 is 0 Å². The van der Waals surface area contributed by atoms with E-state index in [1.165, 1.54) is 0 Å². The highest BCUT2D eigenvalue weighted by molar-refractivity contribution is 9.10. The van der Waals surface area contributed by atoms with Gasteiger partial charge in [-0.1, -0.05) is 39.7 Å². The second kappa shape index (κ2) is 7.27. The number of nitrogens with two attached hydrogens (primary N) is 1. The predicted octanol–water partition coefficient (Wildman–Crippen LogP) is 4.17. The van der Waals surface area contributed by atoms with Gasteiger partial charge in [0.1, 0.15) is 5.75 Å². The van der Waals surface area contributed by atoms with Crippen LogP contribution in [0.1, 0.15) is 22.7 Å². The maximum Gasteiger partial charge on any atom is 0.122 e. The first-order valence-corrected chi connectivity index (χ1v) is 7.77. The van der Waals surface area contributed by atoms with Gasteiger partial charge < -0.3 is 4.74 Å². The van der Waals surface area contributed by atoms with Crippen LogP contribution in [0.25, 0.3) is 0 Å². The van der Waals surface area contributed by atoms with E-state index in [1.807, 2.05) is 37.3 Å². The lowest BCUT2D eigenvalue weighted by molar-refractivity contribution is 0.405. The molecule has 0 aliphatic heterocycles. The molecule has 0 radical (unpaired) electrons. The van der Waals surface area contributed by atoms with Gasteiger partial charge in [0.05, 0.1) is 13.2 Å². The SMILES string of the molecule is COc1ccc(Br)cc1CC(NN)c1ccc(Cl)c(C)c1. The molecule has 1 unspecified atom stereocenters. The van der Waals surface area contributed by atoms with Crippen molar-refractivity contribution in [2.75, 3.05) is 7.11 Å². The van der Waals surface area contributed by atoms with E-state index in [4.69, 9.17) is 22.2 Å². The molecule has 2 aromatic rings. The summed E-state index contributed by atoms with van der Waals surface area (Å²) in [6.45, 7) is 1.99. The van der Waals surface area contributed by atoms with Crippen LogP contribution in [0, 0.1) is 6.92 Å². The predicted molar refractivity (Wildman–Crippen MR) is 90.7 cm³/mol. The van der Waals surface area contributed by atoms with Crippen LogP contribution in [0.2, 0.25) is 5.02 Å². The molecule has 2 aromatic carbocycles. The highest BCUT2D eigenvalue weighted by atomic mass is 79.9. The van der Waals surface area contributed by atoms with Crippen molar-refractivity contribution in [2.45, 2.75) is 19.4 Å². The van der Waals surface area contributed by atoms with Crippen LogP contribution in [0.4, 0.5) is 0 Å². The van der Waals surface area contributed by atoms with Gasteiger partial charge in [-0.3, -0.25) is 11.3 Å². The summed E-state index contributed by atoms with van der Waals surface area (Å²) in [4.78, 5) is 0. The number of methoxy groups -OCH3 is 1. The highest BCUT2D eigenvalue weighted by Gasteiger charge is 2.14. The molecular formula is C16H18BrClN2O. The molecule has 5 heteroatoms. The second-order valence-corrected chi connectivity index (χ2v) is 6.21. The van der Waals surface area contributed by atoms with Crippen LogP contribution in [0.5, 0.6) is 5.75 Å². The number of halogens is 2. The van der Waals surface area contributed by atoms with Gasteiger partial charge in [-0.2, -0.15) is 0 Å². The lowest BCUT2D eigenvalue weighted by Gasteiger charge is -2.19. The molecule has 0 saturated heterocycles. The summed E-state index contributed by atoms with van der Waals surface area (Å²) < 4.78 is 6.43. The van der Waals surface area contributed by atoms with Gasteiger partial charge in [-0.05, 0) is 54.3 Å². The molecule has 0 saturated carbocycles. The number of benzene rings is 2. The van der Waals surface area contributed by atoms with Gasteiger partial charge in [0.25, 0.3) is 0 Å². The summed E-state index contributed by atoms with van der Waals surface area (Å²) in [6, 6.07) is 11.9. The Bertz CT molecular complexity index is 634. The van der Waals surface area contributed by atoms with Gasteiger partial charge in [-0.15, -0.1) is 0 Å². The van der Waals surface area contributed by atoms with Crippen molar-refractivity contribution < 1.29 is 4.74 Å². The van der Waals surface area contributed by atoms with Crippen LogP contribution in [-0.4, -0.2) is 7.11 Å². The van der Waals surface area contributed by atoms with Crippen molar-refractivity contribution in [3.63, 3.8) is 0 Å². The molecule has 0 aromatic heterocycles. The molecule has 1 atom stereocenters. The molecule has 0 bridgehead atoms. The van der Waals surface area contributed by atoms with Crippen molar-refractivity contribution in [2.24, 2.45) is 5.84 Å². The first-order chi connectivity index (χ1) is 10.0. The number of hydrogen-bond acceptors (Lipinski definition) is 3. The van der Waals surface area contributed by atoms with Crippen molar-refractivity contribution in [3.8, 4) is 5.75 Å². The molecule has 21 heavy (non-hydrogen) atoms. The average Bonchev–Trinajstić information content (AvgIpc) is 2.48. The maximum atomic E-state index is 6.08. The lowest BCUT2D eigenvalue weighted by atomic mass is 9.97. The largest absolute Gasteiger partial charge is 0.496 e. The number of rotatable bonds is 5. The second-order valence-electron chi connectivity index (χ2n) is 4.89. The number of hydrazine groups is 1. The van der Waals surface area contributed by atoms with Gasteiger partial charge in [0.2, 0.25) is 0 Å². The molecule has 0 spiro atoms. The minimum absolute atomic E-state index is 0.0100. The Morgan fingerprint density at radius 2 is 2.05 bits per heavy atom. The van der Waals surface area contributed by atoms with Crippen molar-refractivity contribution in [1.29, 1.82) is 0 Å². The normalized spacial score (nSPS) is 12.2. The third-order valence-electron chi connectivity index (χ3n) is 3.45. The Morgan fingerprint density at radius 3 is 2.67 bits per heavy atom. The Balaban J connectivity index is 2.30. The number of aryl methyl sites for hydroxylation is 1. The average molecular weight is 370 g/mol. The number of hydrogen-bond donors (Lipinski definition) is 2. The molecule has 3 N–H and O–H groups in total. The minimum Gasteiger partial charge on any atom is -0.496 e. The van der Waals surface area contributed by atoms with Crippen molar-refractivity contribution in [1.82, 2.24) is 5.43 Å². The minimum atomic E-state index is -0.0100. The standard InChI is InChI=1S/C16H18BrClN2O/c1-10-7-11(3-5-14(10)18)15(20-19)9-12-8-13(17)4-6-16(12)21-2/h3-8,15,20H,9,19H2,1-2H3. The zero-order valence-corrected chi connectivity index (χ0v) is 14.3. The summed E-state index contributed by atoms with van der Waals surface area (Å²) in [5.41, 5.74) is 6.09. The summed E-state index contributed by atoms with van der Waals surface area (Å²) in [5.74, 6) is 6.59. The summed E-state index contributed by atoms with van der Waals surface area (Å²) in [7, 11) is 1.67. The first-order valence-electron chi connectivity index (χ1n) is 6.59.